The number of hydrogen-bond acceptors (Lipinski definition) is 5. The second-order valence-electron chi connectivity index (χ2n) is 7.46. The summed E-state index contributed by atoms with van der Waals surface area (Å²) in [7, 11) is 2.10. The molecule has 6 nitrogen and oxygen atoms in total. The number of hydrogen-bond donors (Lipinski definition) is 0. The van der Waals surface area contributed by atoms with Crippen molar-refractivity contribution in [1.82, 2.24) is 19.9 Å². The van der Waals surface area contributed by atoms with Crippen LogP contribution < -0.4 is 0 Å². The molecular formula is C20H26N4O2. The first-order chi connectivity index (χ1) is 12.7. The number of rotatable bonds is 6. The molecule has 1 unspecified atom stereocenters. The van der Waals surface area contributed by atoms with Crippen LogP contribution >= 0.6 is 0 Å². The van der Waals surface area contributed by atoms with Crippen LogP contribution in [0.3, 0.4) is 0 Å². The van der Waals surface area contributed by atoms with Crippen LogP contribution in [0.4, 0.5) is 0 Å². The molecule has 1 amide bonds. The summed E-state index contributed by atoms with van der Waals surface area (Å²) in [5.74, 6) is 1.94. The minimum absolute atomic E-state index is 0.220. The van der Waals surface area contributed by atoms with Crippen molar-refractivity contribution in [2.75, 3.05) is 26.7 Å². The maximum atomic E-state index is 12.3. The van der Waals surface area contributed by atoms with Crippen LogP contribution in [0.15, 0.2) is 34.9 Å². The second kappa shape index (κ2) is 7.58. The third-order valence-electron chi connectivity index (χ3n) is 5.56. The number of benzene rings is 1. The van der Waals surface area contributed by atoms with E-state index < -0.39 is 0 Å². The minimum atomic E-state index is 0.220. The Labute approximate surface area is 154 Å². The molecule has 2 aliphatic heterocycles. The lowest BCUT2D eigenvalue weighted by atomic mass is 9.98. The fourth-order valence-corrected chi connectivity index (χ4v) is 3.86. The molecule has 4 rings (SSSR count). The summed E-state index contributed by atoms with van der Waals surface area (Å²) in [6.07, 6.45) is 4.70. The Hall–Kier alpha value is -2.21. The fourth-order valence-electron chi connectivity index (χ4n) is 3.86. The lowest BCUT2D eigenvalue weighted by molar-refractivity contribution is -0.135. The van der Waals surface area contributed by atoms with E-state index in [0.29, 0.717) is 19.5 Å². The van der Waals surface area contributed by atoms with Crippen molar-refractivity contribution in [2.24, 2.45) is 0 Å². The Morgan fingerprint density at radius 2 is 2.08 bits per heavy atom. The van der Waals surface area contributed by atoms with Gasteiger partial charge in [0.1, 0.15) is 0 Å². The van der Waals surface area contributed by atoms with Gasteiger partial charge in [-0.1, -0.05) is 35.5 Å². The number of carbonyl (C=O) groups excluding carboxylic acids is 1. The lowest BCUT2D eigenvalue weighted by Gasteiger charge is -2.37. The SMILES string of the molecule is CN1CCCC1c1nc(C2CN(C(=O)CCCc3ccccc3)C2)no1. The van der Waals surface area contributed by atoms with Crippen LogP contribution in [0.25, 0.3) is 0 Å². The van der Waals surface area contributed by atoms with Gasteiger partial charge in [-0.05, 0) is 44.8 Å². The standard InChI is InChI=1S/C20H26N4O2/c1-23-12-6-10-17(23)20-21-19(22-26-20)16-13-24(14-16)18(25)11-5-9-15-7-3-2-4-8-15/h2-4,7-8,16-17H,5-6,9-14H2,1H3. The first-order valence-electron chi connectivity index (χ1n) is 9.56. The number of amides is 1. The number of likely N-dealkylation sites (tertiary alicyclic amines) is 2. The molecule has 0 bridgehead atoms. The van der Waals surface area contributed by atoms with Crippen LogP contribution in [-0.4, -0.2) is 52.5 Å². The highest BCUT2D eigenvalue weighted by Gasteiger charge is 2.36. The van der Waals surface area contributed by atoms with Crippen molar-refractivity contribution in [3.05, 3.63) is 47.6 Å². The molecule has 0 N–H and O–H groups in total. The summed E-state index contributed by atoms with van der Waals surface area (Å²) in [5, 5.41) is 4.16. The largest absolute Gasteiger partial charge is 0.341 e. The highest BCUT2D eigenvalue weighted by atomic mass is 16.5. The van der Waals surface area contributed by atoms with Crippen molar-refractivity contribution in [3.8, 4) is 0 Å². The minimum Gasteiger partial charge on any atom is -0.341 e. The van der Waals surface area contributed by atoms with E-state index in [2.05, 4.69) is 34.2 Å². The summed E-state index contributed by atoms with van der Waals surface area (Å²) in [6, 6.07) is 10.6. The van der Waals surface area contributed by atoms with Gasteiger partial charge in [0.15, 0.2) is 5.82 Å². The van der Waals surface area contributed by atoms with E-state index in [9.17, 15) is 4.79 Å². The summed E-state index contributed by atoms with van der Waals surface area (Å²) in [4.78, 5) is 21.1. The van der Waals surface area contributed by atoms with E-state index in [4.69, 9.17) is 4.52 Å². The summed E-state index contributed by atoms with van der Waals surface area (Å²) in [5.41, 5.74) is 1.29. The lowest BCUT2D eigenvalue weighted by Crippen LogP contribution is -2.48. The Morgan fingerprint density at radius 3 is 2.81 bits per heavy atom. The van der Waals surface area contributed by atoms with Gasteiger partial charge in [0.25, 0.3) is 0 Å². The molecule has 2 saturated heterocycles. The molecule has 138 valence electrons. The van der Waals surface area contributed by atoms with Gasteiger partial charge in [-0.15, -0.1) is 0 Å². The Bertz CT molecular complexity index is 739. The van der Waals surface area contributed by atoms with Gasteiger partial charge in [0, 0.05) is 19.5 Å². The van der Waals surface area contributed by atoms with E-state index in [0.717, 1.165) is 37.5 Å². The van der Waals surface area contributed by atoms with Crippen molar-refractivity contribution < 1.29 is 9.32 Å². The van der Waals surface area contributed by atoms with E-state index >= 15 is 0 Å². The van der Waals surface area contributed by atoms with E-state index in [-0.39, 0.29) is 17.9 Å². The second-order valence-corrected chi connectivity index (χ2v) is 7.46. The Balaban J connectivity index is 1.22. The van der Waals surface area contributed by atoms with Gasteiger partial charge in [0.05, 0.1) is 12.0 Å². The van der Waals surface area contributed by atoms with Crippen molar-refractivity contribution >= 4 is 5.91 Å². The molecule has 6 heteroatoms. The Kier molecular flexibility index (Phi) is 5.02. The number of carbonyl (C=O) groups is 1. The summed E-state index contributed by atoms with van der Waals surface area (Å²) >= 11 is 0. The molecule has 1 aromatic carbocycles. The van der Waals surface area contributed by atoms with Crippen LogP contribution in [0, 0.1) is 0 Å². The quantitative estimate of drug-likeness (QED) is 0.798. The monoisotopic (exact) mass is 354 g/mol. The van der Waals surface area contributed by atoms with Gasteiger partial charge in [-0.3, -0.25) is 9.69 Å². The smallest absolute Gasteiger partial charge is 0.243 e. The third kappa shape index (κ3) is 3.65. The first kappa shape index (κ1) is 17.2. The molecule has 0 aliphatic carbocycles. The summed E-state index contributed by atoms with van der Waals surface area (Å²) in [6.45, 7) is 2.50. The first-order valence-corrected chi connectivity index (χ1v) is 9.56. The predicted octanol–water partition coefficient (Wildman–Crippen LogP) is 2.79. The normalized spacial score (nSPS) is 21.1. The number of aromatic nitrogens is 2. The van der Waals surface area contributed by atoms with E-state index in [1.54, 1.807) is 0 Å². The number of nitrogens with zero attached hydrogens (tertiary/aromatic N) is 4. The highest BCUT2D eigenvalue weighted by Crippen LogP contribution is 2.31. The van der Waals surface area contributed by atoms with Gasteiger partial charge >= 0.3 is 0 Å². The highest BCUT2D eigenvalue weighted by molar-refractivity contribution is 5.77. The maximum absolute atomic E-state index is 12.3. The molecule has 1 aromatic heterocycles. The predicted molar refractivity (Wildman–Crippen MR) is 97.6 cm³/mol. The molecule has 2 aromatic rings. The third-order valence-corrected chi connectivity index (χ3v) is 5.56. The molecular weight excluding hydrogens is 328 g/mol. The number of aryl methyl sites for hydroxylation is 1. The molecule has 0 spiro atoms. The molecule has 2 aliphatic rings. The zero-order valence-electron chi connectivity index (χ0n) is 15.3. The molecule has 0 saturated carbocycles. The molecule has 2 fully saturated rings. The van der Waals surface area contributed by atoms with E-state index in [1.165, 1.54) is 12.0 Å². The fraction of sp³-hybridized carbons (Fsp3) is 0.550. The molecule has 3 heterocycles. The Morgan fingerprint density at radius 1 is 1.27 bits per heavy atom. The van der Waals surface area contributed by atoms with Gasteiger partial charge < -0.3 is 9.42 Å². The van der Waals surface area contributed by atoms with Crippen molar-refractivity contribution in [2.45, 2.75) is 44.1 Å². The molecule has 26 heavy (non-hydrogen) atoms. The zero-order valence-corrected chi connectivity index (χ0v) is 15.3. The average molecular weight is 354 g/mol. The van der Waals surface area contributed by atoms with Crippen LogP contribution in [-0.2, 0) is 11.2 Å². The average Bonchev–Trinajstić information content (AvgIpc) is 3.23. The van der Waals surface area contributed by atoms with E-state index in [1.807, 2.05) is 23.1 Å². The van der Waals surface area contributed by atoms with Gasteiger partial charge in [-0.25, -0.2) is 0 Å². The van der Waals surface area contributed by atoms with Crippen molar-refractivity contribution in [1.29, 1.82) is 0 Å². The maximum Gasteiger partial charge on any atom is 0.243 e. The van der Waals surface area contributed by atoms with Crippen LogP contribution in [0.5, 0.6) is 0 Å². The molecule has 1 atom stereocenters. The van der Waals surface area contributed by atoms with Crippen LogP contribution in [0.1, 0.15) is 54.9 Å². The molecule has 0 radical (unpaired) electrons. The van der Waals surface area contributed by atoms with Crippen LogP contribution in [0.2, 0.25) is 0 Å². The van der Waals surface area contributed by atoms with Crippen molar-refractivity contribution in [3.63, 3.8) is 0 Å². The topological polar surface area (TPSA) is 62.5 Å². The summed E-state index contributed by atoms with van der Waals surface area (Å²) < 4.78 is 5.48. The van der Waals surface area contributed by atoms with Gasteiger partial charge in [0.2, 0.25) is 11.8 Å². The zero-order chi connectivity index (χ0) is 17.9. The van der Waals surface area contributed by atoms with Gasteiger partial charge in [-0.2, -0.15) is 4.98 Å².